The van der Waals surface area contributed by atoms with E-state index in [1.54, 1.807) is 3.26 Å². The van der Waals surface area contributed by atoms with Crippen molar-refractivity contribution in [2.24, 2.45) is 5.92 Å². The standard InChI is InChI=1S/C21H25.C10H12.C5H5.2ClH.Hf/c1-20(2,3)16-7-9-18-14(12-16)11-15-13-17(21(4,5)6)8-10-19(15)18;1-9(2)8-10-6-4-3-5-7-10;1-2-4-5-3-1;;;/h7-13H,1-6H3;3-7,9H,1-2H3;1-3H,4H2;2*1H;/q-1;;-1;;;+2/p-2. The van der Waals surface area contributed by atoms with Crippen LogP contribution in [-0.2, 0) is 34.7 Å². The van der Waals surface area contributed by atoms with Crippen LogP contribution in [0.5, 0.6) is 0 Å². The monoisotopic (exact) mass is 724 g/mol. The van der Waals surface area contributed by atoms with Gasteiger partial charge in [-0.15, -0.1) is 46.2 Å². The Morgan fingerprint density at radius 2 is 1.26 bits per heavy atom. The van der Waals surface area contributed by atoms with E-state index in [0.29, 0.717) is 5.92 Å². The van der Waals surface area contributed by atoms with E-state index in [1.807, 2.05) is 12.2 Å². The van der Waals surface area contributed by atoms with Crippen LogP contribution in [0.4, 0.5) is 0 Å². The fourth-order valence-corrected chi connectivity index (χ4v) is 4.85. The second kappa shape index (κ2) is 15.4. The molecular weight excluding hydrogens is 682 g/mol. The summed E-state index contributed by atoms with van der Waals surface area (Å²) in [6.45, 7) is 18.2. The molecule has 0 radical (unpaired) electrons. The molecule has 0 amide bonds. The average Bonchev–Trinajstić information content (AvgIpc) is 3.54. The van der Waals surface area contributed by atoms with Gasteiger partial charge in [-0.1, -0.05) is 76.9 Å². The molecule has 0 aromatic heterocycles. The third-order valence-electron chi connectivity index (χ3n) is 6.68. The minimum absolute atomic E-state index is 0. The Balaban J connectivity index is 0.000000354. The van der Waals surface area contributed by atoms with Gasteiger partial charge in [-0.2, -0.15) is 6.08 Å². The van der Waals surface area contributed by atoms with Gasteiger partial charge >= 0.3 is 82.8 Å². The quantitative estimate of drug-likeness (QED) is 0.217. The third-order valence-corrected chi connectivity index (χ3v) is 9.80. The van der Waals surface area contributed by atoms with E-state index in [4.69, 9.17) is 0 Å². The van der Waals surface area contributed by atoms with Gasteiger partial charge in [0, 0.05) is 0 Å². The number of rotatable bonds is 2. The molecule has 0 fully saturated rings. The van der Waals surface area contributed by atoms with E-state index in [0.717, 1.165) is 6.42 Å². The predicted octanol–water partition coefficient (Wildman–Crippen LogP) is 4.03. The van der Waals surface area contributed by atoms with Gasteiger partial charge in [0.05, 0.1) is 0 Å². The number of benzene rings is 3. The molecule has 4 aromatic rings. The van der Waals surface area contributed by atoms with E-state index in [9.17, 15) is 0 Å². The fourth-order valence-electron chi connectivity index (χ4n) is 4.25. The maximum absolute atomic E-state index is 2.99. The molecule has 0 nitrogen and oxygen atoms in total. The summed E-state index contributed by atoms with van der Waals surface area (Å²) in [5.74, 6) is 0.712. The van der Waals surface area contributed by atoms with Crippen molar-refractivity contribution < 1.29 is 48.7 Å². The van der Waals surface area contributed by atoms with Gasteiger partial charge in [-0.25, -0.2) is 12.2 Å². The average molecular weight is 724 g/mol. The van der Waals surface area contributed by atoms with Crippen molar-refractivity contribution in [3.05, 3.63) is 114 Å². The van der Waals surface area contributed by atoms with Gasteiger partial charge in [0.1, 0.15) is 0 Å². The van der Waals surface area contributed by atoms with Gasteiger partial charge in [-0.05, 0) is 10.8 Å². The van der Waals surface area contributed by atoms with Crippen LogP contribution in [0, 0.1) is 12.0 Å². The molecule has 1 aliphatic carbocycles. The molecule has 0 atom stereocenters. The van der Waals surface area contributed by atoms with Crippen LogP contribution >= 0.6 is 0 Å². The van der Waals surface area contributed by atoms with Crippen molar-refractivity contribution in [3.63, 3.8) is 0 Å². The first-order valence-electron chi connectivity index (χ1n) is 13.4. The van der Waals surface area contributed by atoms with E-state index >= 15 is 0 Å². The van der Waals surface area contributed by atoms with Crippen molar-refractivity contribution >= 4 is 24.8 Å². The van der Waals surface area contributed by atoms with Gasteiger partial charge in [-0.3, -0.25) is 6.08 Å². The Labute approximate surface area is 264 Å². The van der Waals surface area contributed by atoms with E-state index in [2.05, 4.69) is 140 Å². The molecular formula is C36H42Cl2Hf-2. The van der Waals surface area contributed by atoms with E-state index < -0.39 is 0 Å². The van der Waals surface area contributed by atoms with E-state index in [-0.39, 0.29) is 35.6 Å². The summed E-state index contributed by atoms with van der Waals surface area (Å²) < 4.78 is 1.60. The molecule has 0 unspecified atom stereocenters. The van der Waals surface area contributed by atoms with Gasteiger partial charge in [0.2, 0.25) is 0 Å². The molecule has 0 heterocycles. The summed E-state index contributed by atoms with van der Waals surface area (Å²) in [5.41, 5.74) is 4.64. The summed E-state index contributed by atoms with van der Waals surface area (Å²) in [7, 11) is 0. The summed E-state index contributed by atoms with van der Waals surface area (Å²) in [6, 6.07) is 26.9. The van der Waals surface area contributed by atoms with Crippen LogP contribution in [-0.4, -0.2) is 3.26 Å². The SMILES string of the molecule is CC(C)(C)c1ccc2c(c1)[cH-]c1cc(C(C)(C)C)ccc12.CC(C)[C](=[Hf+2])c1ccccc1.[C-]1=CC=CC1.[Cl-].[Cl-]. The second-order valence-corrected chi connectivity index (χ2v) is 14.1. The Bertz CT molecular complexity index is 1310. The zero-order chi connectivity index (χ0) is 27.2. The fraction of sp³-hybridized carbons (Fsp3) is 0.333. The maximum atomic E-state index is 2.99. The Morgan fingerprint density at radius 1 is 0.769 bits per heavy atom. The van der Waals surface area contributed by atoms with Crippen molar-refractivity contribution in [1.29, 1.82) is 0 Å². The van der Waals surface area contributed by atoms with E-state index in [1.165, 1.54) is 62.1 Å². The minimum atomic E-state index is 0. The predicted molar refractivity (Wildman–Crippen MR) is 161 cm³/mol. The number of fused-ring (bicyclic) bond motifs is 3. The van der Waals surface area contributed by atoms with Crippen molar-refractivity contribution in [3.8, 4) is 0 Å². The zero-order valence-corrected chi connectivity index (χ0v) is 29.8. The second-order valence-electron chi connectivity index (χ2n) is 12.2. The number of halogens is 2. The molecule has 39 heavy (non-hydrogen) atoms. The molecule has 206 valence electrons. The zero-order valence-electron chi connectivity index (χ0n) is 24.7. The molecule has 0 aliphatic heterocycles. The molecule has 1 aliphatic rings. The van der Waals surface area contributed by atoms with Crippen LogP contribution in [0.3, 0.4) is 0 Å². The molecule has 0 N–H and O–H groups in total. The first kappa shape index (κ1) is 35.4. The van der Waals surface area contributed by atoms with Crippen LogP contribution in [0.25, 0.3) is 21.5 Å². The molecule has 0 spiro atoms. The molecule has 4 aromatic carbocycles. The van der Waals surface area contributed by atoms with Crippen molar-refractivity contribution in [1.82, 2.24) is 0 Å². The third kappa shape index (κ3) is 10.0. The topological polar surface area (TPSA) is 0 Å². The van der Waals surface area contributed by atoms with Crippen LogP contribution in [0.15, 0.2) is 91.0 Å². The molecule has 0 saturated heterocycles. The Morgan fingerprint density at radius 3 is 1.59 bits per heavy atom. The summed E-state index contributed by atoms with van der Waals surface area (Å²) >= 11 is 1.18. The van der Waals surface area contributed by atoms with Crippen LogP contribution < -0.4 is 24.8 Å². The van der Waals surface area contributed by atoms with Crippen molar-refractivity contribution in [2.45, 2.75) is 72.6 Å². The maximum Gasteiger partial charge on any atom is -0.109 e. The first-order valence-corrected chi connectivity index (χ1v) is 15.2. The van der Waals surface area contributed by atoms with Gasteiger partial charge in [0.15, 0.2) is 0 Å². The smallest absolute Gasteiger partial charge is 0.109 e. The van der Waals surface area contributed by atoms with Crippen LogP contribution in [0.1, 0.15) is 78.5 Å². The summed E-state index contributed by atoms with van der Waals surface area (Å²) in [6.07, 6.45) is 10.0. The van der Waals surface area contributed by atoms with Gasteiger partial charge < -0.3 is 24.8 Å². The van der Waals surface area contributed by atoms with Gasteiger partial charge in [0.25, 0.3) is 0 Å². The number of allylic oxidation sites excluding steroid dienone is 4. The summed E-state index contributed by atoms with van der Waals surface area (Å²) in [5, 5.41) is 5.48. The van der Waals surface area contributed by atoms with Crippen LogP contribution in [0.2, 0.25) is 0 Å². The minimum Gasteiger partial charge on any atom is -1.00 e. The molecule has 5 rings (SSSR count). The summed E-state index contributed by atoms with van der Waals surface area (Å²) in [4.78, 5) is 0. The van der Waals surface area contributed by atoms with Crippen molar-refractivity contribution in [2.75, 3.05) is 0 Å². The molecule has 0 bridgehead atoms. The largest absolute Gasteiger partial charge is 1.00 e. The molecule has 0 saturated carbocycles. The normalized spacial score (nSPS) is 12.3. The first-order chi connectivity index (χ1) is 17.4. The molecule has 3 heteroatoms. The number of hydrogen-bond donors (Lipinski definition) is 0. The number of hydrogen-bond acceptors (Lipinski definition) is 0. The Kier molecular flexibility index (Phi) is 13.9. The Hall–Kier alpha value is -1.67.